The predicted octanol–water partition coefficient (Wildman–Crippen LogP) is 6.84. The highest BCUT2D eigenvalue weighted by molar-refractivity contribution is 6.51. The second kappa shape index (κ2) is 7.30. The molecule has 28 heavy (non-hydrogen) atoms. The van der Waals surface area contributed by atoms with E-state index in [1.165, 1.54) is 0 Å². The van der Waals surface area contributed by atoms with Gasteiger partial charge in [-0.25, -0.2) is 4.98 Å². The van der Waals surface area contributed by atoms with Crippen LogP contribution in [0.1, 0.15) is 0 Å². The number of aromatic hydroxyl groups is 1. The minimum Gasteiger partial charge on any atom is -0.505 e. The number of hydrogen-bond donors (Lipinski definition) is 1. The van der Waals surface area contributed by atoms with Gasteiger partial charge in [0.1, 0.15) is 21.1 Å². The second-order valence-corrected chi connectivity index (χ2v) is 7.39. The predicted molar refractivity (Wildman–Crippen MR) is 113 cm³/mol. The summed E-state index contributed by atoms with van der Waals surface area (Å²) in [4.78, 5) is 17.0. The molecule has 8 heteroatoms. The van der Waals surface area contributed by atoms with Crippen molar-refractivity contribution in [2.45, 2.75) is 0 Å². The highest BCUT2D eigenvalue weighted by atomic mass is 35.5. The molecule has 0 aliphatic heterocycles. The molecule has 0 saturated heterocycles. The summed E-state index contributed by atoms with van der Waals surface area (Å²) >= 11 is 24.0. The van der Waals surface area contributed by atoms with Crippen LogP contribution in [-0.4, -0.2) is 10.1 Å². The Hall–Kier alpha value is -2.24. The van der Waals surface area contributed by atoms with Crippen molar-refractivity contribution in [1.29, 1.82) is 0 Å². The molecule has 1 heterocycles. The number of benzene rings is 2. The van der Waals surface area contributed by atoms with Gasteiger partial charge >= 0.3 is 0 Å². The lowest BCUT2D eigenvalue weighted by molar-refractivity contribution is 0.474. The molecule has 1 N–H and O–H groups in total. The molecular weight excluding hydrogens is 444 g/mol. The van der Waals surface area contributed by atoms with Gasteiger partial charge in [-0.15, -0.1) is 0 Å². The topological polar surface area (TPSA) is 63.3 Å². The number of fused-ring (bicyclic) bond motifs is 1. The van der Waals surface area contributed by atoms with Crippen LogP contribution in [0.15, 0.2) is 57.7 Å². The van der Waals surface area contributed by atoms with Gasteiger partial charge in [-0.3, -0.25) is 4.79 Å². The smallest absolute Gasteiger partial charge is 0.235 e. The summed E-state index contributed by atoms with van der Waals surface area (Å²) in [6, 6.07) is 15.1. The molecule has 0 fully saturated rings. The van der Waals surface area contributed by atoms with Gasteiger partial charge in [0.15, 0.2) is 11.3 Å². The molecule has 140 valence electrons. The van der Waals surface area contributed by atoms with E-state index in [1.807, 2.05) is 42.5 Å². The molecule has 0 bridgehead atoms. The lowest BCUT2D eigenvalue weighted by Gasteiger charge is -1.99. The molecule has 4 nitrogen and oxygen atoms in total. The maximum atomic E-state index is 12.7. The number of oxazole rings is 1. The van der Waals surface area contributed by atoms with Crippen LogP contribution in [0.4, 0.5) is 0 Å². The summed E-state index contributed by atoms with van der Waals surface area (Å²) in [5.74, 6) is -0.754. The highest BCUT2D eigenvalue weighted by Crippen LogP contribution is 2.42. The first kappa shape index (κ1) is 19.1. The standard InChI is InChI=1S/C20H9Cl4NO3/c21-14-15(22)17(24)19(27)13(18(26)16(14)23)20-25-11-8-10(6-7-12(11)28-20)9-4-2-1-3-5-9/h1-8,26H. The van der Waals surface area contributed by atoms with Crippen LogP contribution < -0.4 is 5.43 Å². The number of hydrogen-bond acceptors (Lipinski definition) is 4. The monoisotopic (exact) mass is 451 g/mol. The van der Waals surface area contributed by atoms with Gasteiger partial charge < -0.3 is 9.52 Å². The summed E-state index contributed by atoms with van der Waals surface area (Å²) in [6.45, 7) is 0. The van der Waals surface area contributed by atoms with E-state index in [1.54, 1.807) is 6.07 Å². The van der Waals surface area contributed by atoms with Crippen LogP contribution in [0.25, 0.3) is 33.7 Å². The lowest BCUT2D eigenvalue weighted by atomic mass is 10.1. The Morgan fingerprint density at radius 3 is 2.21 bits per heavy atom. The fraction of sp³-hybridized carbons (Fsp3) is 0. The van der Waals surface area contributed by atoms with Crippen molar-refractivity contribution in [2.24, 2.45) is 0 Å². The van der Waals surface area contributed by atoms with E-state index in [-0.39, 0.29) is 26.5 Å². The quantitative estimate of drug-likeness (QED) is 0.361. The molecule has 0 radical (unpaired) electrons. The van der Waals surface area contributed by atoms with Crippen molar-refractivity contribution in [3.63, 3.8) is 0 Å². The molecule has 0 saturated carbocycles. The van der Waals surface area contributed by atoms with Crippen molar-refractivity contribution < 1.29 is 9.52 Å². The highest BCUT2D eigenvalue weighted by Gasteiger charge is 2.24. The van der Waals surface area contributed by atoms with Gasteiger partial charge in [0.2, 0.25) is 11.3 Å². The van der Waals surface area contributed by atoms with E-state index < -0.39 is 16.2 Å². The summed E-state index contributed by atoms with van der Waals surface area (Å²) in [7, 11) is 0. The number of rotatable bonds is 2. The maximum Gasteiger partial charge on any atom is 0.235 e. The zero-order chi connectivity index (χ0) is 20.0. The molecule has 3 aromatic carbocycles. The molecular formula is C20H9Cl4NO3. The third kappa shape index (κ3) is 3.12. The van der Waals surface area contributed by atoms with Crippen molar-refractivity contribution >= 4 is 57.5 Å². The van der Waals surface area contributed by atoms with Crippen molar-refractivity contribution in [3.8, 4) is 28.3 Å². The molecule has 0 aliphatic carbocycles. The molecule has 1 aromatic heterocycles. The van der Waals surface area contributed by atoms with Crippen molar-refractivity contribution in [3.05, 3.63) is 78.8 Å². The largest absolute Gasteiger partial charge is 0.505 e. The van der Waals surface area contributed by atoms with E-state index in [0.29, 0.717) is 11.1 Å². The Morgan fingerprint density at radius 2 is 1.50 bits per heavy atom. The summed E-state index contributed by atoms with van der Waals surface area (Å²) in [6.07, 6.45) is 0. The van der Waals surface area contributed by atoms with E-state index in [2.05, 4.69) is 4.98 Å². The summed E-state index contributed by atoms with van der Waals surface area (Å²) in [5, 5.41) is 9.23. The van der Waals surface area contributed by atoms with Crippen LogP contribution in [0.2, 0.25) is 20.1 Å². The molecule has 0 amide bonds. The average molecular weight is 453 g/mol. The SMILES string of the molecule is O=c1c(Cl)c(Cl)c(Cl)c(Cl)c(O)c1-c1nc2cc(-c3ccccc3)ccc2o1. The zero-order valence-corrected chi connectivity index (χ0v) is 16.9. The normalized spacial score (nSPS) is 11.1. The van der Waals surface area contributed by atoms with E-state index in [9.17, 15) is 9.90 Å². The lowest BCUT2D eigenvalue weighted by Crippen LogP contribution is -2.02. The van der Waals surface area contributed by atoms with E-state index in [0.717, 1.165) is 11.1 Å². The van der Waals surface area contributed by atoms with E-state index in [4.69, 9.17) is 50.8 Å². The molecule has 4 aromatic rings. The first-order valence-electron chi connectivity index (χ1n) is 7.94. The molecule has 0 spiro atoms. The van der Waals surface area contributed by atoms with E-state index >= 15 is 0 Å². The Kier molecular flexibility index (Phi) is 4.98. The zero-order valence-electron chi connectivity index (χ0n) is 13.8. The van der Waals surface area contributed by atoms with Gasteiger partial charge in [0, 0.05) is 0 Å². The van der Waals surface area contributed by atoms with Gasteiger partial charge in [0.05, 0.1) is 10.0 Å². The van der Waals surface area contributed by atoms with Gasteiger partial charge in [-0.2, -0.15) is 0 Å². The van der Waals surface area contributed by atoms with Gasteiger partial charge in [-0.1, -0.05) is 82.8 Å². The third-order valence-electron chi connectivity index (χ3n) is 4.16. The number of aromatic nitrogens is 1. The molecule has 0 aliphatic rings. The molecule has 4 rings (SSSR count). The Bertz CT molecular complexity index is 1290. The second-order valence-electron chi connectivity index (χ2n) is 5.88. The number of halogens is 4. The maximum absolute atomic E-state index is 12.7. The number of nitrogens with zero attached hydrogens (tertiary/aromatic N) is 1. The fourth-order valence-corrected chi connectivity index (χ4v) is 3.61. The van der Waals surface area contributed by atoms with Crippen molar-refractivity contribution in [2.75, 3.05) is 0 Å². The minimum absolute atomic E-state index is 0.144. The Balaban J connectivity index is 1.96. The fourth-order valence-electron chi connectivity index (χ4n) is 2.77. The third-order valence-corrected chi connectivity index (χ3v) is 5.93. The first-order chi connectivity index (χ1) is 13.4. The average Bonchev–Trinajstić information content (AvgIpc) is 3.12. The first-order valence-corrected chi connectivity index (χ1v) is 9.45. The van der Waals surface area contributed by atoms with Crippen LogP contribution >= 0.6 is 46.4 Å². The van der Waals surface area contributed by atoms with Crippen LogP contribution in [0.3, 0.4) is 0 Å². The minimum atomic E-state index is -0.798. The molecule has 0 atom stereocenters. The summed E-state index contributed by atoms with van der Waals surface area (Å²) < 4.78 is 5.66. The van der Waals surface area contributed by atoms with Gasteiger partial charge in [0.25, 0.3) is 0 Å². The Labute approximate surface area is 178 Å². The van der Waals surface area contributed by atoms with Crippen LogP contribution in [-0.2, 0) is 0 Å². The summed E-state index contributed by atoms with van der Waals surface area (Å²) in [5.41, 5.74) is 1.71. The Morgan fingerprint density at radius 1 is 0.821 bits per heavy atom. The van der Waals surface area contributed by atoms with Crippen LogP contribution in [0.5, 0.6) is 5.75 Å². The molecule has 0 unspecified atom stereocenters. The van der Waals surface area contributed by atoms with Crippen molar-refractivity contribution in [1.82, 2.24) is 4.98 Å². The van der Waals surface area contributed by atoms with Crippen LogP contribution in [0, 0.1) is 0 Å². The van der Waals surface area contributed by atoms with Gasteiger partial charge in [-0.05, 0) is 23.3 Å².